The number of benzene rings is 2. The maximum absolute atomic E-state index is 12.2. The number of carbonyl (C=O) groups excluding carboxylic acids is 1. The molecule has 0 bridgehead atoms. The molecule has 3 aromatic rings. The van der Waals surface area contributed by atoms with Gasteiger partial charge in [-0.2, -0.15) is 0 Å². The third-order valence-electron chi connectivity index (χ3n) is 4.80. The summed E-state index contributed by atoms with van der Waals surface area (Å²) in [6, 6.07) is 15.6. The van der Waals surface area contributed by atoms with E-state index in [0.717, 1.165) is 52.3 Å². The van der Waals surface area contributed by atoms with E-state index in [2.05, 4.69) is 36.0 Å². The number of nitrogens with one attached hydrogen (secondary N) is 1. The van der Waals surface area contributed by atoms with Gasteiger partial charge in [-0.1, -0.05) is 34.5 Å². The second-order valence-electron chi connectivity index (χ2n) is 6.86. The van der Waals surface area contributed by atoms with Crippen LogP contribution in [0.5, 0.6) is 0 Å². The van der Waals surface area contributed by atoms with E-state index < -0.39 is 0 Å². The number of halogens is 1. The lowest BCUT2D eigenvalue weighted by molar-refractivity contribution is -0.111. The van der Waals surface area contributed by atoms with E-state index in [4.69, 9.17) is 0 Å². The monoisotopic (exact) mass is 436 g/mol. The number of nitrogens with zero attached hydrogens (tertiary/aromatic N) is 3. The summed E-state index contributed by atoms with van der Waals surface area (Å²) in [7, 11) is 0. The molecule has 0 fully saturated rings. The minimum atomic E-state index is -0.163. The molecule has 5 nitrogen and oxygen atoms in total. The fourth-order valence-electron chi connectivity index (χ4n) is 3.37. The van der Waals surface area contributed by atoms with Gasteiger partial charge in [0, 0.05) is 34.8 Å². The van der Waals surface area contributed by atoms with Crippen molar-refractivity contribution in [1.82, 2.24) is 14.8 Å². The predicted molar refractivity (Wildman–Crippen MR) is 115 cm³/mol. The molecule has 0 unspecified atom stereocenters. The minimum Gasteiger partial charge on any atom is -0.323 e. The Morgan fingerprint density at radius 2 is 1.93 bits per heavy atom. The summed E-state index contributed by atoms with van der Waals surface area (Å²) in [5, 5.41) is 11.6. The third kappa shape index (κ3) is 4.39. The first kappa shape index (κ1) is 18.6. The summed E-state index contributed by atoms with van der Waals surface area (Å²) in [5.41, 5.74) is 2.74. The molecule has 1 N–H and O–H groups in total. The molecule has 1 aliphatic heterocycles. The van der Waals surface area contributed by atoms with Crippen LogP contribution in [0, 0.1) is 0 Å². The van der Waals surface area contributed by atoms with Gasteiger partial charge in [-0.25, -0.2) is 0 Å². The SMILES string of the molecule is O=C(/C=C/c1cccc(Br)c1)Nc1ccc(-c2nnc3n2CCCCC3)cc1. The summed E-state index contributed by atoms with van der Waals surface area (Å²) >= 11 is 3.43. The number of hydrogen-bond donors (Lipinski definition) is 1. The second-order valence-corrected chi connectivity index (χ2v) is 7.77. The summed E-state index contributed by atoms with van der Waals surface area (Å²) in [6.07, 6.45) is 7.90. The zero-order valence-electron chi connectivity index (χ0n) is 15.4. The standard InChI is InChI=1S/C22H21BrN4O/c23-18-6-4-5-16(15-18)8-13-21(28)24-19-11-9-17(10-12-19)22-26-25-20-7-2-1-3-14-27(20)22/h4-6,8-13,15H,1-3,7,14H2,(H,24,28)/b13-8+. The molecule has 0 radical (unpaired) electrons. The minimum absolute atomic E-state index is 0.163. The maximum atomic E-state index is 12.2. The first-order chi connectivity index (χ1) is 13.7. The van der Waals surface area contributed by atoms with Gasteiger partial charge in [-0.15, -0.1) is 10.2 Å². The van der Waals surface area contributed by atoms with Gasteiger partial charge in [0.1, 0.15) is 5.82 Å². The Hall–Kier alpha value is -2.73. The van der Waals surface area contributed by atoms with Crippen LogP contribution in [0.4, 0.5) is 5.69 Å². The van der Waals surface area contributed by atoms with Crippen molar-refractivity contribution in [2.75, 3.05) is 5.32 Å². The second kappa shape index (κ2) is 8.52. The highest BCUT2D eigenvalue weighted by Gasteiger charge is 2.15. The molecule has 0 saturated heterocycles. The average Bonchev–Trinajstić information content (AvgIpc) is 2.95. The lowest BCUT2D eigenvalue weighted by Gasteiger charge is -2.08. The van der Waals surface area contributed by atoms with Crippen LogP contribution in [0.3, 0.4) is 0 Å². The predicted octanol–water partition coefficient (Wildman–Crippen LogP) is 5.09. The molecule has 1 aromatic heterocycles. The molecule has 2 heterocycles. The molecule has 1 amide bonds. The van der Waals surface area contributed by atoms with Gasteiger partial charge >= 0.3 is 0 Å². The van der Waals surface area contributed by atoms with Crippen LogP contribution in [0.2, 0.25) is 0 Å². The molecule has 0 spiro atoms. The largest absolute Gasteiger partial charge is 0.323 e. The number of rotatable bonds is 4. The Bertz CT molecular complexity index is 1010. The van der Waals surface area contributed by atoms with Gasteiger partial charge in [-0.05, 0) is 60.9 Å². The molecule has 0 atom stereocenters. The van der Waals surface area contributed by atoms with Crippen molar-refractivity contribution in [2.24, 2.45) is 0 Å². The summed E-state index contributed by atoms with van der Waals surface area (Å²) in [6.45, 7) is 0.969. The fraction of sp³-hybridized carbons (Fsp3) is 0.227. The van der Waals surface area contributed by atoms with Gasteiger partial charge in [-0.3, -0.25) is 4.79 Å². The van der Waals surface area contributed by atoms with Crippen LogP contribution >= 0.6 is 15.9 Å². The molecule has 1 aliphatic rings. The fourth-order valence-corrected chi connectivity index (χ4v) is 3.78. The van der Waals surface area contributed by atoms with Crippen LogP contribution in [0.15, 0.2) is 59.1 Å². The smallest absolute Gasteiger partial charge is 0.248 e. The van der Waals surface area contributed by atoms with Crippen LogP contribution < -0.4 is 5.32 Å². The number of fused-ring (bicyclic) bond motifs is 1. The van der Waals surface area contributed by atoms with E-state index in [0.29, 0.717) is 0 Å². The van der Waals surface area contributed by atoms with Crippen LogP contribution in [0.25, 0.3) is 17.5 Å². The molecule has 0 saturated carbocycles. The van der Waals surface area contributed by atoms with Crippen LogP contribution in [-0.4, -0.2) is 20.7 Å². The Morgan fingerprint density at radius 1 is 1.07 bits per heavy atom. The lowest BCUT2D eigenvalue weighted by atomic mass is 10.2. The highest BCUT2D eigenvalue weighted by atomic mass is 79.9. The Morgan fingerprint density at radius 3 is 2.75 bits per heavy atom. The van der Waals surface area contributed by atoms with Crippen LogP contribution in [-0.2, 0) is 17.8 Å². The van der Waals surface area contributed by atoms with E-state index in [1.807, 2.05) is 48.5 Å². The molecular weight excluding hydrogens is 416 g/mol. The average molecular weight is 437 g/mol. The van der Waals surface area contributed by atoms with Crippen molar-refractivity contribution in [3.05, 3.63) is 70.5 Å². The first-order valence-electron chi connectivity index (χ1n) is 9.46. The number of aryl methyl sites for hydroxylation is 1. The zero-order chi connectivity index (χ0) is 19.3. The number of hydrogen-bond acceptors (Lipinski definition) is 3. The Kier molecular flexibility index (Phi) is 5.67. The third-order valence-corrected chi connectivity index (χ3v) is 5.29. The lowest BCUT2D eigenvalue weighted by Crippen LogP contribution is -2.07. The van der Waals surface area contributed by atoms with Crippen molar-refractivity contribution in [3.8, 4) is 11.4 Å². The first-order valence-corrected chi connectivity index (χ1v) is 10.3. The molecule has 2 aromatic carbocycles. The van der Waals surface area contributed by atoms with E-state index in [9.17, 15) is 4.79 Å². The topological polar surface area (TPSA) is 59.8 Å². The molecule has 28 heavy (non-hydrogen) atoms. The summed E-state index contributed by atoms with van der Waals surface area (Å²) in [4.78, 5) is 12.2. The van der Waals surface area contributed by atoms with Gasteiger partial charge < -0.3 is 9.88 Å². The molecule has 0 aliphatic carbocycles. The highest BCUT2D eigenvalue weighted by Crippen LogP contribution is 2.24. The highest BCUT2D eigenvalue weighted by molar-refractivity contribution is 9.10. The van der Waals surface area contributed by atoms with Gasteiger partial charge in [0.05, 0.1) is 0 Å². The molecule has 142 valence electrons. The molecule has 6 heteroatoms. The Balaban J connectivity index is 1.44. The van der Waals surface area contributed by atoms with Crippen molar-refractivity contribution in [2.45, 2.75) is 32.2 Å². The number of aromatic nitrogens is 3. The van der Waals surface area contributed by atoms with E-state index >= 15 is 0 Å². The quantitative estimate of drug-likeness (QED) is 0.579. The van der Waals surface area contributed by atoms with Gasteiger partial charge in [0.15, 0.2) is 5.82 Å². The van der Waals surface area contributed by atoms with Crippen molar-refractivity contribution < 1.29 is 4.79 Å². The number of anilines is 1. The molecule has 4 rings (SSSR count). The summed E-state index contributed by atoms with van der Waals surface area (Å²) in [5.74, 6) is 1.82. The summed E-state index contributed by atoms with van der Waals surface area (Å²) < 4.78 is 3.21. The van der Waals surface area contributed by atoms with E-state index in [-0.39, 0.29) is 5.91 Å². The maximum Gasteiger partial charge on any atom is 0.248 e. The van der Waals surface area contributed by atoms with Gasteiger partial charge in [0.2, 0.25) is 5.91 Å². The van der Waals surface area contributed by atoms with E-state index in [1.54, 1.807) is 6.08 Å². The van der Waals surface area contributed by atoms with Crippen molar-refractivity contribution >= 4 is 33.6 Å². The van der Waals surface area contributed by atoms with Gasteiger partial charge in [0.25, 0.3) is 0 Å². The van der Waals surface area contributed by atoms with Crippen molar-refractivity contribution in [1.29, 1.82) is 0 Å². The normalized spacial score (nSPS) is 13.9. The molecular formula is C22H21BrN4O. The van der Waals surface area contributed by atoms with Crippen LogP contribution in [0.1, 0.15) is 30.7 Å². The zero-order valence-corrected chi connectivity index (χ0v) is 17.0. The van der Waals surface area contributed by atoms with Crippen molar-refractivity contribution in [3.63, 3.8) is 0 Å². The number of amides is 1. The van der Waals surface area contributed by atoms with E-state index in [1.165, 1.54) is 18.9 Å². The Labute approximate surface area is 172 Å². The number of carbonyl (C=O) groups is 1.